The molecule has 0 fully saturated rings. The van der Waals surface area contributed by atoms with Gasteiger partial charge in [0.15, 0.2) is 0 Å². The SMILES string of the molecule is CCCCC(CC)CC(O)c1ccc(Br)cc1Cl. The van der Waals surface area contributed by atoms with Crippen LogP contribution in [-0.2, 0) is 0 Å². The van der Waals surface area contributed by atoms with Gasteiger partial charge in [0.05, 0.1) is 6.10 Å². The molecule has 0 radical (unpaired) electrons. The number of aliphatic hydroxyl groups excluding tert-OH is 1. The van der Waals surface area contributed by atoms with Crippen LogP contribution in [0, 0.1) is 5.92 Å². The minimum absolute atomic E-state index is 0.451. The molecule has 3 heteroatoms. The Kier molecular flexibility index (Phi) is 7.28. The van der Waals surface area contributed by atoms with E-state index < -0.39 is 6.10 Å². The Morgan fingerprint density at radius 3 is 2.61 bits per heavy atom. The quantitative estimate of drug-likeness (QED) is 0.674. The van der Waals surface area contributed by atoms with Crippen LogP contribution in [0.25, 0.3) is 0 Å². The fraction of sp³-hybridized carbons (Fsp3) is 0.600. The molecule has 0 bridgehead atoms. The highest BCUT2D eigenvalue weighted by molar-refractivity contribution is 9.10. The molecule has 1 nitrogen and oxygen atoms in total. The monoisotopic (exact) mass is 332 g/mol. The standard InChI is InChI=1S/C15H22BrClO/c1-3-5-6-11(4-2)9-15(18)13-8-7-12(16)10-14(13)17/h7-8,10-11,15,18H,3-6,9H2,1-2H3. The van der Waals surface area contributed by atoms with Gasteiger partial charge in [-0.15, -0.1) is 0 Å². The lowest BCUT2D eigenvalue weighted by Crippen LogP contribution is -2.07. The van der Waals surface area contributed by atoms with Gasteiger partial charge in [-0.25, -0.2) is 0 Å². The summed E-state index contributed by atoms with van der Waals surface area (Å²) in [6.45, 7) is 4.39. The Hall–Kier alpha value is -0.0500. The second kappa shape index (κ2) is 8.19. The van der Waals surface area contributed by atoms with Gasteiger partial charge in [0.2, 0.25) is 0 Å². The maximum atomic E-state index is 10.3. The van der Waals surface area contributed by atoms with Gasteiger partial charge < -0.3 is 5.11 Å². The molecule has 0 aromatic heterocycles. The number of halogens is 2. The van der Waals surface area contributed by atoms with E-state index in [-0.39, 0.29) is 0 Å². The lowest BCUT2D eigenvalue weighted by Gasteiger charge is -2.20. The van der Waals surface area contributed by atoms with Gasteiger partial charge in [-0.1, -0.05) is 73.1 Å². The molecule has 0 aliphatic rings. The van der Waals surface area contributed by atoms with Gasteiger partial charge in [-0.2, -0.15) is 0 Å². The van der Waals surface area contributed by atoms with Crippen molar-refractivity contribution in [3.63, 3.8) is 0 Å². The van der Waals surface area contributed by atoms with E-state index in [1.165, 1.54) is 19.3 Å². The molecule has 1 rings (SSSR count). The van der Waals surface area contributed by atoms with E-state index >= 15 is 0 Å². The van der Waals surface area contributed by atoms with E-state index in [9.17, 15) is 5.11 Å². The van der Waals surface area contributed by atoms with E-state index in [0.717, 1.165) is 22.9 Å². The third-order valence-electron chi connectivity index (χ3n) is 3.42. The minimum Gasteiger partial charge on any atom is -0.388 e. The van der Waals surface area contributed by atoms with Crippen LogP contribution in [0.2, 0.25) is 5.02 Å². The number of hydrogen-bond donors (Lipinski definition) is 1. The zero-order chi connectivity index (χ0) is 13.5. The maximum absolute atomic E-state index is 10.3. The van der Waals surface area contributed by atoms with Crippen LogP contribution in [0.3, 0.4) is 0 Å². The summed E-state index contributed by atoms with van der Waals surface area (Å²) in [6.07, 6.45) is 5.11. The van der Waals surface area contributed by atoms with Crippen molar-refractivity contribution in [2.24, 2.45) is 5.92 Å². The zero-order valence-corrected chi connectivity index (χ0v) is 13.5. The van der Waals surface area contributed by atoms with Crippen molar-refractivity contribution in [3.05, 3.63) is 33.3 Å². The van der Waals surface area contributed by atoms with Gasteiger partial charge >= 0.3 is 0 Å². The van der Waals surface area contributed by atoms with Crippen molar-refractivity contribution in [1.29, 1.82) is 0 Å². The molecule has 0 saturated carbocycles. The van der Waals surface area contributed by atoms with Gasteiger partial charge in [0, 0.05) is 9.50 Å². The minimum atomic E-state index is -0.451. The Morgan fingerprint density at radius 1 is 1.33 bits per heavy atom. The van der Waals surface area contributed by atoms with Crippen molar-refractivity contribution >= 4 is 27.5 Å². The Balaban J connectivity index is 2.65. The largest absolute Gasteiger partial charge is 0.388 e. The number of unbranched alkanes of at least 4 members (excludes halogenated alkanes) is 1. The Bertz CT molecular complexity index is 368. The molecular formula is C15H22BrClO. The van der Waals surface area contributed by atoms with E-state index in [1.54, 1.807) is 0 Å². The number of hydrogen-bond acceptors (Lipinski definition) is 1. The molecule has 0 aliphatic carbocycles. The molecule has 1 aromatic rings. The van der Waals surface area contributed by atoms with Crippen molar-refractivity contribution in [2.75, 3.05) is 0 Å². The molecular weight excluding hydrogens is 312 g/mol. The number of aliphatic hydroxyl groups is 1. The summed E-state index contributed by atoms with van der Waals surface area (Å²) < 4.78 is 0.946. The van der Waals surface area contributed by atoms with E-state index in [2.05, 4.69) is 29.8 Å². The normalized spacial score (nSPS) is 14.5. The van der Waals surface area contributed by atoms with Crippen LogP contribution in [0.4, 0.5) is 0 Å². The van der Waals surface area contributed by atoms with E-state index in [1.807, 2.05) is 18.2 Å². The van der Waals surface area contributed by atoms with E-state index in [0.29, 0.717) is 10.9 Å². The second-order valence-electron chi connectivity index (χ2n) is 4.83. The first-order chi connectivity index (χ1) is 8.58. The highest BCUT2D eigenvalue weighted by Crippen LogP contribution is 2.32. The molecule has 18 heavy (non-hydrogen) atoms. The van der Waals surface area contributed by atoms with Gasteiger partial charge in [0.1, 0.15) is 0 Å². The second-order valence-corrected chi connectivity index (χ2v) is 6.16. The van der Waals surface area contributed by atoms with Gasteiger partial charge in [0.25, 0.3) is 0 Å². The first-order valence-corrected chi connectivity index (χ1v) is 7.88. The summed E-state index contributed by atoms with van der Waals surface area (Å²) in [6, 6.07) is 5.67. The summed E-state index contributed by atoms with van der Waals surface area (Å²) in [5, 5.41) is 10.9. The molecule has 102 valence electrons. The topological polar surface area (TPSA) is 20.2 Å². The summed E-state index contributed by atoms with van der Waals surface area (Å²) in [5.74, 6) is 0.583. The molecule has 0 heterocycles. The lowest BCUT2D eigenvalue weighted by molar-refractivity contribution is 0.139. The van der Waals surface area contributed by atoms with Crippen molar-refractivity contribution in [2.45, 2.75) is 52.1 Å². The van der Waals surface area contributed by atoms with Crippen LogP contribution < -0.4 is 0 Å². The summed E-state index contributed by atoms with van der Waals surface area (Å²) >= 11 is 9.54. The zero-order valence-electron chi connectivity index (χ0n) is 11.1. The van der Waals surface area contributed by atoms with Crippen molar-refractivity contribution < 1.29 is 5.11 Å². The Labute approximate surface area is 124 Å². The van der Waals surface area contributed by atoms with Gasteiger partial charge in [-0.05, 0) is 30.0 Å². The molecule has 0 saturated heterocycles. The number of rotatable bonds is 7. The molecule has 0 spiro atoms. The third kappa shape index (κ3) is 4.91. The van der Waals surface area contributed by atoms with Crippen LogP contribution in [0.1, 0.15) is 57.6 Å². The predicted octanol–water partition coefficient (Wildman–Crippen LogP) is 5.74. The molecule has 2 unspecified atom stereocenters. The highest BCUT2D eigenvalue weighted by atomic mass is 79.9. The molecule has 0 aliphatic heterocycles. The van der Waals surface area contributed by atoms with Crippen LogP contribution in [-0.4, -0.2) is 5.11 Å². The first-order valence-electron chi connectivity index (χ1n) is 6.71. The van der Waals surface area contributed by atoms with Crippen molar-refractivity contribution in [3.8, 4) is 0 Å². The predicted molar refractivity (Wildman–Crippen MR) is 82.0 cm³/mol. The van der Waals surface area contributed by atoms with Crippen LogP contribution >= 0.6 is 27.5 Å². The maximum Gasteiger partial charge on any atom is 0.0807 e. The number of benzene rings is 1. The van der Waals surface area contributed by atoms with Crippen molar-refractivity contribution in [1.82, 2.24) is 0 Å². The highest BCUT2D eigenvalue weighted by Gasteiger charge is 2.16. The Morgan fingerprint density at radius 2 is 2.06 bits per heavy atom. The van der Waals surface area contributed by atoms with Crippen LogP contribution in [0.15, 0.2) is 22.7 Å². The molecule has 1 N–H and O–H groups in total. The molecule has 0 amide bonds. The summed E-state index contributed by atoms with van der Waals surface area (Å²) in [4.78, 5) is 0. The first kappa shape index (κ1) is 16.0. The van der Waals surface area contributed by atoms with Crippen LogP contribution in [0.5, 0.6) is 0 Å². The fourth-order valence-electron chi connectivity index (χ4n) is 2.20. The lowest BCUT2D eigenvalue weighted by atomic mass is 9.91. The third-order valence-corrected chi connectivity index (χ3v) is 4.24. The summed E-state index contributed by atoms with van der Waals surface area (Å²) in [7, 11) is 0. The van der Waals surface area contributed by atoms with Gasteiger partial charge in [-0.3, -0.25) is 0 Å². The fourth-order valence-corrected chi connectivity index (χ4v) is 3.00. The summed E-state index contributed by atoms with van der Waals surface area (Å²) in [5.41, 5.74) is 0.842. The average Bonchev–Trinajstić information content (AvgIpc) is 2.34. The average molecular weight is 334 g/mol. The molecule has 2 atom stereocenters. The smallest absolute Gasteiger partial charge is 0.0807 e. The van der Waals surface area contributed by atoms with E-state index in [4.69, 9.17) is 11.6 Å². The molecule has 1 aromatic carbocycles.